The SMILES string of the molecule is c1ccc(CN2CCC(Oc3c4c(nc5ccccc35)CCCC4)CC2)cc1. The van der Waals surface area contributed by atoms with Crippen molar-refractivity contribution in [1.29, 1.82) is 0 Å². The van der Waals surface area contributed by atoms with Gasteiger partial charge in [0, 0.05) is 36.3 Å². The lowest BCUT2D eigenvalue weighted by Crippen LogP contribution is -2.38. The summed E-state index contributed by atoms with van der Waals surface area (Å²) in [5.41, 5.74) is 5.12. The first-order valence-corrected chi connectivity index (χ1v) is 10.7. The monoisotopic (exact) mass is 372 g/mol. The minimum absolute atomic E-state index is 0.309. The third-order valence-corrected chi connectivity index (χ3v) is 6.19. The Morgan fingerprint density at radius 1 is 0.893 bits per heavy atom. The van der Waals surface area contributed by atoms with Gasteiger partial charge < -0.3 is 4.74 Å². The van der Waals surface area contributed by atoms with Crippen LogP contribution in [0.2, 0.25) is 0 Å². The van der Waals surface area contributed by atoms with Gasteiger partial charge in [-0.15, -0.1) is 0 Å². The summed E-state index contributed by atoms with van der Waals surface area (Å²) < 4.78 is 6.70. The Balaban J connectivity index is 1.32. The fraction of sp³-hybridized carbons (Fsp3) is 0.400. The van der Waals surface area contributed by atoms with Crippen LogP contribution < -0.4 is 4.74 Å². The maximum Gasteiger partial charge on any atom is 0.134 e. The summed E-state index contributed by atoms with van der Waals surface area (Å²) in [6, 6.07) is 19.3. The van der Waals surface area contributed by atoms with Gasteiger partial charge in [-0.2, -0.15) is 0 Å². The van der Waals surface area contributed by atoms with Crippen molar-refractivity contribution in [2.75, 3.05) is 13.1 Å². The Hall–Kier alpha value is -2.39. The molecule has 0 spiro atoms. The van der Waals surface area contributed by atoms with Crippen molar-refractivity contribution < 1.29 is 4.74 Å². The predicted molar refractivity (Wildman–Crippen MR) is 114 cm³/mol. The molecule has 0 atom stereocenters. The van der Waals surface area contributed by atoms with E-state index < -0.39 is 0 Å². The summed E-state index contributed by atoms with van der Waals surface area (Å²) in [4.78, 5) is 7.49. The lowest BCUT2D eigenvalue weighted by atomic mass is 9.93. The average molecular weight is 373 g/mol. The van der Waals surface area contributed by atoms with Crippen LogP contribution in [0, 0.1) is 0 Å². The van der Waals surface area contributed by atoms with E-state index in [1.165, 1.54) is 35.0 Å². The summed E-state index contributed by atoms with van der Waals surface area (Å²) in [5.74, 6) is 1.13. The van der Waals surface area contributed by atoms with Crippen molar-refractivity contribution in [2.45, 2.75) is 51.2 Å². The second-order valence-electron chi connectivity index (χ2n) is 8.17. The zero-order valence-electron chi connectivity index (χ0n) is 16.4. The normalized spacial score (nSPS) is 18.1. The second-order valence-corrected chi connectivity index (χ2v) is 8.17. The molecule has 2 aromatic carbocycles. The number of aromatic nitrogens is 1. The molecule has 2 heterocycles. The average Bonchev–Trinajstić information content (AvgIpc) is 2.75. The van der Waals surface area contributed by atoms with E-state index in [0.717, 1.165) is 56.6 Å². The molecule has 0 unspecified atom stereocenters. The first-order valence-electron chi connectivity index (χ1n) is 10.7. The highest BCUT2D eigenvalue weighted by atomic mass is 16.5. The number of benzene rings is 2. The third-order valence-electron chi connectivity index (χ3n) is 6.19. The van der Waals surface area contributed by atoms with E-state index >= 15 is 0 Å². The molecule has 0 saturated carbocycles. The molecular weight excluding hydrogens is 344 g/mol. The minimum Gasteiger partial charge on any atom is -0.489 e. The van der Waals surface area contributed by atoms with Gasteiger partial charge in [0.15, 0.2) is 0 Å². The molecule has 0 amide bonds. The van der Waals surface area contributed by atoms with Gasteiger partial charge in [0.2, 0.25) is 0 Å². The minimum atomic E-state index is 0.309. The quantitative estimate of drug-likeness (QED) is 0.633. The van der Waals surface area contributed by atoms with Gasteiger partial charge >= 0.3 is 0 Å². The number of aryl methyl sites for hydroxylation is 1. The topological polar surface area (TPSA) is 25.4 Å². The number of para-hydroxylation sites is 1. The van der Waals surface area contributed by atoms with Gasteiger partial charge in [-0.3, -0.25) is 9.88 Å². The summed E-state index contributed by atoms with van der Waals surface area (Å²) in [6.07, 6.45) is 7.19. The van der Waals surface area contributed by atoms with Crippen LogP contribution in [0.4, 0.5) is 0 Å². The zero-order chi connectivity index (χ0) is 18.8. The van der Waals surface area contributed by atoms with Crippen LogP contribution in [0.25, 0.3) is 10.9 Å². The number of piperidine rings is 1. The lowest BCUT2D eigenvalue weighted by molar-refractivity contribution is 0.0969. The number of nitrogens with zero attached hydrogens (tertiary/aromatic N) is 2. The van der Waals surface area contributed by atoms with Crippen molar-refractivity contribution in [3.05, 3.63) is 71.4 Å². The van der Waals surface area contributed by atoms with Crippen molar-refractivity contribution in [3.8, 4) is 5.75 Å². The fourth-order valence-electron chi connectivity index (χ4n) is 4.66. The molecule has 144 valence electrons. The van der Waals surface area contributed by atoms with Gasteiger partial charge in [0.1, 0.15) is 11.9 Å². The number of likely N-dealkylation sites (tertiary alicyclic amines) is 1. The summed E-state index contributed by atoms with van der Waals surface area (Å²) >= 11 is 0. The number of rotatable bonds is 4. The van der Waals surface area contributed by atoms with Crippen LogP contribution in [-0.4, -0.2) is 29.1 Å². The first kappa shape index (κ1) is 17.7. The van der Waals surface area contributed by atoms with Gasteiger partial charge in [0.05, 0.1) is 5.52 Å². The highest BCUT2D eigenvalue weighted by Crippen LogP contribution is 2.36. The summed E-state index contributed by atoms with van der Waals surface area (Å²) in [7, 11) is 0. The van der Waals surface area contributed by atoms with Crippen LogP contribution in [0.5, 0.6) is 5.75 Å². The van der Waals surface area contributed by atoms with Crippen molar-refractivity contribution >= 4 is 10.9 Å². The molecule has 1 saturated heterocycles. The summed E-state index contributed by atoms with van der Waals surface area (Å²) in [5, 5.41) is 1.19. The van der Waals surface area contributed by atoms with Crippen molar-refractivity contribution in [1.82, 2.24) is 9.88 Å². The lowest BCUT2D eigenvalue weighted by Gasteiger charge is -2.33. The molecule has 0 radical (unpaired) electrons. The number of hydrogen-bond donors (Lipinski definition) is 0. The van der Waals surface area contributed by atoms with Gasteiger partial charge in [-0.25, -0.2) is 0 Å². The van der Waals surface area contributed by atoms with Gasteiger partial charge in [0.25, 0.3) is 0 Å². The smallest absolute Gasteiger partial charge is 0.134 e. The van der Waals surface area contributed by atoms with E-state index in [1.807, 2.05) is 0 Å². The Morgan fingerprint density at radius 3 is 2.50 bits per heavy atom. The Kier molecular flexibility index (Phi) is 5.01. The molecule has 3 nitrogen and oxygen atoms in total. The molecule has 1 aliphatic carbocycles. The molecule has 28 heavy (non-hydrogen) atoms. The van der Waals surface area contributed by atoms with Crippen LogP contribution in [-0.2, 0) is 19.4 Å². The van der Waals surface area contributed by atoms with E-state index in [0.29, 0.717) is 6.10 Å². The number of fused-ring (bicyclic) bond motifs is 2. The molecule has 1 aromatic heterocycles. The van der Waals surface area contributed by atoms with Crippen molar-refractivity contribution in [2.24, 2.45) is 0 Å². The van der Waals surface area contributed by atoms with E-state index in [9.17, 15) is 0 Å². The predicted octanol–water partition coefficient (Wildman–Crippen LogP) is 5.16. The Labute approximate surface area is 167 Å². The van der Waals surface area contributed by atoms with E-state index in [-0.39, 0.29) is 0 Å². The molecule has 2 aliphatic rings. The van der Waals surface area contributed by atoms with E-state index in [1.54, 1.807) is 0 Å². The first-order chi connectivity index (χ1) is 13.9. The third kappa shape index (κ3) is 3.64. The highest BCUT2D eigenvalue weighted by molar-refractivity contribution is 5.87. The standard InChI is InChI=1S/C25H28N2O/c1-2-8-19(9-3-1)18-27-16-14-20(15-17-27)28-25-21-10-4-6-12-23(21)26-24-13-7-5-11-22(24)25/h1-4,6,8-10,12,20H,5,7,11,13-18H2. The molecular formula is C25H28N2O. The van der Waals surface area contributed by atoms with Crippen LogP contribution in [0.1, 0.15) is 42.5 Å². The van der Waals surface area contributed by atoms with Crippen LogP contribution >= 0.6 is 0 Å². The Bertz CT molecular complexity index is 945. The Morgan fingerprint density at radius 2 is 1.64 bits per heavy atom. The number of ether oxygens (including phenoxy) is 1. The molecule has 3 aromatic rings. The number of pyridine rings is 1. The molecule has 1 fully saturated rings. The van der Waals surface area contributed by atoms with Crippen molar-refractivity contribution in [3.63, 3.8) is 0 Å². The van der Waals surface area contributed by atoms with E-state index in [4.69, 9.17) is 9.72 Å². The second kappa shape index (κ2) is 7.92. The number of hydrogen-bond acceptors (Lipinski definition) is 3. The maximum absolute atomic E-state index is 6.70. The molecule has 0 N–H and O–H groups in total. The van der Waals surface area contributed by atoms with E-state index in [2.05, 4.69) is 59.5 Å². The maximum atomic E-state index is 6.70. The van der Waals surface area contributed by atoms with Gasteiger partial charge in [-0.1, -0.05) is 42.5 Å². The molecule has 1 aliphatic heterocycles. The fourth-order valence-corrected chi connectivity index (χ4v) is 4.66. The van der Waals surface area contributed by atoms with Crippen LogP contribution in [0.15, 0.2) is 54.6 Å². The zero-order valence-corrected chi connectivity index (χ0v) is 16.4. The van der Waals surface area contributed by atoms with Gasteiger partial charge in [-0.05, 0) is 56.2 Å². The molecule has 0 bridgehead atoms. The van der Waals surface area contributed by atoms with Crippen LogP contribution in [0.3, 0.4) is 0 Å². The molecule has 3 heteroatoms. The summed E-state index contributed by atoms with van der Waals surface area (Å²) in [6.45, 7) is 3.25. The highest BCUT2D eigenvalue weighted by Gasteiger charge is 2.25. The largest absolute Gasteiger partial charge is 0.489 e. The molecule has 5 rings (SSSR count).